The fourth-order valence-electron chi connectivity index (χ4n) is 3.21. The van der Waals surface area contributed by atoms with E-state index in [9.17, 15) is 14.4 Å². The summed E-state index contributed by atoms with van der Waals surface area (Å²) in [6.45, 7) is 15.5. The second-order valence-corrected chi connectivity index (χ2v) is 12.6. The van der Waals surface area contributed by atoms with Gasteiger partial charge in [0.25, 0.3) is 0 Å². The quantitative estimate of drug-likeness (QED) is 0.349. The number of ether oxygens (including phenoxy) is 4. The molecule has 0 radical (unpaired) electrons. The molecule has 0 bridgehead atoms. The van der Waals surface area contributed by atoms with Crippen LogP contribution in [0.3, 0.4) is 0 Å². The predicted octanol–water partition coefficient (Wildman–Crippen LogP) is 4.76. The van der Waals surface area contributed by atoms with Crippen LogP contribution in [-0.4, -0.2) is 47.8 Å². The van der Waals surface area contributed by atoms with Crippen molar-refractivity contribution in [3.8, 4) is 0 Å². The normalized spacial score (nSPS) is 25.5. The first-order chi connectivity index (χ1) is 15.9. The van der Waals surface area contributed by atoms with E-state index in [0.717, 1.165) is 5.56 Å². The van der Waals surface area contributed by atoms with E-state index >= 15 is 0 Å². The van der Waals surface area contributed by atoms with E-state index in [-0.39, 0.29) is 0 Å². The highest BCUT2D eigenvalue weighted by Crippen LogP contribution is 2.35. The van der Waals surface area contributed by atoms with Gasteiger partial charge in [0.1, 0.15) is 11.5 Å². The van der Waals surface area contributed by atoms with Crippen LogP contribution in [0, 0.1) is 16.2 Å². The second kappa shape index (κ2) is 10.9. The Morgan fingerprint density at radius 3 is 1.54 bits per heavy atom. The smallest absolute Gasteiger partial charge is 0.311 e. The molecule has 0 saturated carbocycles. The van der Waals surface area contributed by atoms with Crippen LogP contribution in [0.2, 0.25) is 0 Å². The zero-order valence-electron chi connectivity index (χ0n) is 22.3. The van der Waals surface area contributed by atoms with Crippen LogP contribution in [0.4, 0.5) is 0 Å². The summed E-state index contributed by atoms with van der Waals surface area (Å²) < 4.78 is 23.8. The number of hydrogen-bond donors (Lipinski definition) is 1. The van der Waals surface area contributed by atoms with E-state index in [4.69, 9.17) is 18.9 Å². The first-order valence-corrected chi connectivity index (χ1v) is 12.4. The monoisotopic (exact) mass is 508 g/mol. The molecule has 7 nitrogen and oxygen atoms in total. The summed E-state index contributed by atoms with van der Waals surface area (Å²) >= 11 is 4.56. The molecule has 0 aromatic heterocycles. The van der Waals surface area contributed by atoms with Gasteiger partial charge >= 0.3 is 17.9 Å². The summed E-state index contributed by atoms with van der Waals surface area (Å²) in [5, 5.41) is 0. The molecule has 0 amide bonds. The first-order valence-electron chi connectivity index (χ1n) is 11.9. The summed E-state index contributed by atoms with van der Waals surface area (Å²) in [5.74, 6) is -1.51. The molecule has 8 heteroatoms. The van der Waals surface area contributed by atoms with Crippen molar-refractivity contribution in [2.24, 2.45) is 16.2 Å². The highest BCUT2D eigenvalue weighted by Gasteiger charge is 2.53. The van der Waals surface area contributed by atoms with Gasteiger partial charge in [0.2, 0.25) is 0 Å². The summed E-state index contributed by atoms with van der Waals surface area (Å²) in [5.41, 5.74) is -2.43. The number of esters is 3. The molecule has 35 heavy (non-hydrogen) atoms. The molecule has 1 saturated heterocycles. The molecule has 1 aromatic carbocycles. The fourth-order valence-corrected chi connectivity index (χ4v) is 3.60. The standard InChI is InChI=1S/C27H40O7S/c1-25(2,3)22(28)32-18-17(15-16-13-11-10-12-14-16)31-21(35)20(34-24(30)27(7,8)9)19(18)33-23(29)26(4,5)6/h10-14,17-21,35H,15H2,1-9H3/t17-,18+,19+,20-,21+/m1/s1. The van der Waals surface area contributed by atoms with Gasteiger partial charge in [-0.3, -0.25) is 14.4 Å². The third-order valence-electron chi connectivity index (χ3n) is 5.46. The first kappa shape index (κ1) is 29.2. The van der Waals surface area contributed by atoms with Gasteiger partial charge in [-0.2, -0.15) is 0 Å². The summed E-state index contributed by atoms with van der Waals surface area (Å²) in [6.07, 6.45) is -3.52. The van der Waals surface area contributed by atoms with E-state index in [2.05, 4.69) is 12.6 Å². The molecule has 0 spiro atoms. The van der Waals surface area contributed by atoms with E-state index in [1.54, 1.807) is 62.3 Å². The van der Waals surface area contributed by atoms with Crippen molar-refractivity contribution in [2.45, 2.75) is 98.6 Å². The van der Waals surface area contributed by atoms with Gasteiger partial charge in [0, 0.05) is 6.42 Å². The molecule has 2 rings (SSSR count). The van der Waals surface area contributed by atoms with E-state index < -0.39 is 64.0 Å². The average molecular weight is 509 g/mol. The van der Waals surface area contributed by atoms with E-state index in [1.807, 2.05) is 30.3 Å². The van der Waals surface area contributed by atoms with Crippen molar-refractivity contribution in [1.82, 2.24) is 0 Å². The zero-order valence-corrected chi connectivity index (χ0v) is 23.2. The Labute approximate surface area is 214 Å². The van der Waals surface area contributed by atoms with Crippen molar-refractivity contribution in [2.75, 3.05) is 0 Å². The molecular weight excluding hydrogens is 468 g/mol. The minimum absolute atomic E-state index is 0.378. The van der Waals surface area contributed by atoms with Crippen LogP contribution in [0.5, 0.6) is 0 Å². The number of carbonyl (C=O) groups is 3. The van der Waals surface area contributed by atoms with Crippen LogP contribution in [0.25, 0.3) is 0 Å². The van der Waals surface area contributed by atoms with Crippen LogP contribution >= 0.6 is 12.6 Å². The SMILES string of the molecule is CC(C)(C)C(=O)O[C@@H]1[C@@H](OC(=O)C(C)(C)C)[C@H](S)O[C@H](Cc2ccccc2)[C@@H]1OC(=O)C(C)(C)C. The lowest BCUT2D eigenvalue weighted by molar-refractivity contribution is -0.240. The largest absolute Gasteiger partial charge is 0.455 e. The van der Waals surface area contributed by atoms with Gasteiger partial charge in [-0.1, -0.05) is 30.3 Å². The van der Waals surface area contributed by atoms with Crippen molar-refractivity contribution >= 4 is 30.5 Å². The molecule has 1 aliphatic heterocycles. The van der Waals surface area contributed by atoms with Crippen LogP contribution in [0.15, 0.2) is 30.3 Å². The maximum absolute atomic E-state index is 13.0. The average Bonchev–Trinajstić information content (AvgIpc) is 2.71. The highest BCUT2D eigenvalue weighted by atomic mass is 32.1. The number of carbonyl (C=O) groups excluding carboxylic acids is 3. The number of rotatable bonds is 5. The zero-order chi connectivity index (χ0) is 26.8. The lowest BCUT2D eigenvalue weighted by Crippen LogP contribution is -2.61. The number of benzene rings is 1. The molecule has 196 valence electrons. The maximum Gasteiger partial charge on any atom is 0.311 e. The lowest BCUT2D eigenvalue weighted by atomic mass is 9.91. The van der Waals surface area contributed by atoms with Crippen molar-refractivity contribution in [1.29, 1.82) is 0 Å². The van der Waals surface area contributed by atoms with Crippen LogP contribution in [-0.2, 0) is 39.8 Å². The summed E-state index contributed by atoms with van der Waals surface area (Å²) in [7, 11) is 0. The van der Waals surface area contributed by atoms with Crippen molar-refractivity contribution < 1.29 is 33.3 Å². The van der Waals surface area contributed by atoms with Gasteiger partial charge in [-0.05, 0) is 67.9 Å². The van der Waals surface area contributed by atoms with Gasteiger partial charge in [0.15, 0.2) is 18.3 Å². The number of thiol groups is 1. The molecule has 1 aromatic rings. The van der Waals surface area contributed by atoms with Gasteiger partial charge in [-0.15, -0.1) is 12.6 Å². The molecule has 1 fully saturated rings. The Kier molecular flexibility index (Phi) is 9.09. The van der Waals surface area contributed by atoms with E-state index in [0.29, 0.717) is 6.42 Å². The molecule has 5 atom stereocenters. The van der Waals surface area contributed by atoms with Crippen molar-refractivity contribution in [3.05, 3.63) is 35.9 Å². The molecule has 0 N–H and O–H groups in total. The Bertz CT molecular complexity index is 893. The minimum atomic E-state index is -1.11. The lowest BCUT2D eigenvalue weighted by Gasteiger charge is -2.45. The Balaban J connectivity index is 2.53. The summed E-state index contributed by atoms with van der Waals surface area (Å²) in [6, 6.07) is 9.57. The third-order valence-corrected chi connectivity index (χ3v) is 5.87. The van der Waals surface area contributed by atoms with Crippen LogP contribution in [0.1, 0.15) is 67.9 Å². The topological polar surface area (TPSA) is 88.1 Å². The van der Waals surface area contributed by atoms with Crippen LogP contribution < -0.4 is 0 Å². The van der Waals surface area contributed by atoms with Gasteiger partial charge in [-0.25, -0.2) is 0 Å². The van der Waals surface area contributed by atoms with Gasteiger partial charge < -0.3 is 18.9 Å². The molecular formula is C27H40O7S. The van der Waals surface area contributed by atoms with E-state index in [1.165, 1.54) is 0 Å². The molecule has 1 aliphatic rings. The Hall–Kier alpha value is -2.06. The third kappa shape index (κ3) is 7.97. The van der Waals surface area contributed by atoms with Gasteiger partial charge in [0.05, 0.1) is 16.2 Å². The highest BCUT2D eigenvalue weighted by molar-refractivity contribution is 7.80. The maximum atomic E-state index is 13.0. The van der Waals surface area contributed by atoms with Crippen molar-refractivity contribution in [3.63, 3.8) is 0 Å². The number of hydrogen-bond acceptors (Lipinski definition) is 8. The predicted molar refractivity (Wildman–Crippen MR) is 136 cm³/mol. The Morgan fingerprint density at radius 1 is 0.714 bits per heavy atom. The summed E-state index contributed by atoms with van der Waals surface area (Å²) in [4.78, 5) is 38.8. The molecule has 1 heterocycles. The fraction of sp³-hybridized carbons (Fsp3) is 0.667. The second-order valence-electron chi connectivity index (χ2n) is 12.1. The Morgan fingerprint density at radius 2 is 1.11 bits per heavy atom. The molecule has 0 aliphatic carbocycles. The molecule has 0 unspecified atom stereocenters. The minimum Gasteiger partial charge on any atom is -0.455 e.